The van der Waals surface area contributed by atoms with Crippen molar-refractivity contribution >= 4 is 23.6 Å². The average Bonchev–Trinajstić information content (AvgIpc) is 3.02. The number of rotatable bonds is 5. The first kappa shape index (κ1) is 18.1. The molecule has 0 spiro atoms. The monoisotopic (exact) mass is 368 g/mol. The Morgan fingerprint density at radius 3 is 2.52 bits per heavy atom. The highest BCUT2D eigenvalue weighted by Crippen LogP contribution is 2.29. The summed E-state index contributed by atoms with van der Waals surface area (Å²) < 4.78 is 15.6. The number of cyclic esters (lactones) is 1. The van der Waals surface area contributed by atoms with E-state index < -0.39 is 10.9 Å². The van der Waals surface area contributed by atoms with Gasteiger partial charge in [-0.15, -0.1) is 0 Å². The standard InChI is InChI=1S/C19H16N2O6/c1-11-4-6-13(10-15(11)21(23)24)18-20-14(19(22)27-18)8-12-5-7-16(25-2)17(9-12)26-3/h4-10H,1-3H3. The number of esters is 1. The normalized spacial score (nSPS) is 14.7. The van der Waals surface area contributed by atoms with E-state index in [4.69, 9.17) is 14.2 Å². The van der Waals surface area contributed by atoms with Crippen LogP contribution >= 0.6 is 0 Å². The van der Waals surface area contributed by atoms with E-state index in [0.29, 0.717) is 28.2 Å². The van der Waals surface area contributed by atoms with E-state index in [1.54, 1.807) is 43.3 Å². The Morgan fingerprint density at radius 2 is 1.85 bits per heavy atom. The summed E-state index contributed by atoms with van der Waals surface area (Å²) in [5, 5.41) is 11.1. The smallest absolute Gasteiger partial charge is 0.363 e. The van der Waals surface area contributed by atoms with Gasteiger partial charge in [-0.3, -0.25) is 10.1 Å². The molecule has 0 aromatic heterocycles. The number of hydrogen-bond donors (Lipinski definition) is 0. The number of nitro groups is 1. The lowest BCUT2D eigenvalue weighted by molar-refractivity contribution is -0.385. The van der Waals surface area contributed by atoms with Gasteiger partial charge < -0.3 is 14.2 Å². The van der Waals surface area contributed by atoms with Crippen LogP contribution in [0, 0.1) is 17.0 Å². The van der Waals surface area contributed by atoms with E-state index in [0.717, 1.165) is 0 Å². The van der Waals surface area contributed by atoms with Crippen molar-refractivity contribution in [2.75, 3.05) is 14.2 Å². The molecule has 8 heteroatoms. The van der Waals surface area contributed by atoms with Gasteiger partial charge in [-0.1, -0.05) is 12.1 Å². The SMILES string of the molecule is COc1ccc(C=C2N=C(c3ccc(C)c([N+](=O)[O-])c3)OC2=O)cc1OC. The molecule has 1 aliphatic rings. The largest absolute Gasteiger partial charge is 0.493 e. The number of benzene rings is 2. The minimum Gasteiger partial charge on any atom is -0.493 e. The first-order valence-corrected chi connectivity index (χ1v) is 7.93. The molecule has 0 N–H and O–H groups in total. The minimum absolute atomic E-state index is 0.0230. The fraction of sp³-hybridized carbons (Fsp3) is 0.158. The Hall–Kier alpha value is -3.68. The molecule has 0 saturated heterocycles. The molecule has 1 aliphatic heterocycles. The molecule has 0 aliphatic carbocycles. The summed E-state index contributed by atoms with van der Waals surface area (Å²) in [5.41, 5.74) is 1.55. The Labute approximate surface area is 154 Å². The molecule has 0 bridgehead atoms. The zero-order valence-electron chi connectivity index (χ0n) is 14.9. The Balaban J connectivity index is 1.96. The van der Waals surface area contributed by atoms with Crippen molar-refractivity contribution in [3.8, 4) is 11.5 Å². The molecule has 27 heavy (non-hydrogen) atoms. The van der Waals surface area contributed by atoms with Crippen LogP contribution in [-0.2, 0) is 9.53 Å². The van der Waals surface area contributed by atoms with Crippen LogP contribution in [0.25, 0.3) is 6.08 Å². The van der Waals surface area contributed by atoms with Crippen LogP contribution in [0.1, 0.15) is 16.7 Å². The second-order valence-corrected chi connectivity index (χ2v) is 5.71. The van der Waals surface area contributed by atoms with Gasteiger partial charge in [0, 0.05) is 17.2 Å². The molecule has 0 atom stereocenters. The van der Waals surface area contributed by atoms with E-state index in [1.807, 2.05) is 0 Å². The molecular weight excluding hydrogens is 352 g/mol. The third kappa shape index (κ3) is 3.64. The highest BCUT2D eigenvalue weighted by Gasteiger charge is 2.26. The lowest BCUT2D eigenvalue weighted by Gasteiger charge is -2.07. The fourth-order valence-electron chi connectivity index (χ4n) is 2.57. The van der Waals surface area contributed by atoms with Gasteiger partial charge in [0.25, 0.3) is 5.69 Å². The zero-order chi connectivity index (χ0) is 19.6. The summed E-state index contributed by atoms with van der Waals surface area (Å²) in [7, 11) is 3.04. The van der Waals surface area contributed by atoms with Gasteiger partial charge in [-0.25, -0.2) is 9.79 Å². The van der Waals surface area contributed by atoms with Gasteiger partial charge in [-0.2, -0.15) is 0 Å². The van der Waals surface area contributed by atoms with Gasteiger partial charge in [0.15, 0.2) is 17.2 Å². The maximum Gasteiger partial charge on any atom is 0.363 e. The minimum atomic E-state index is -0.636. The van der Waals surface area contributed by atoms with Gasteiger partial charge >= 0.3 is 5.97 Å². The number of aryl methyl sites for hydroxylation is 1. The Kier molecular flexibility index (Phi) is 4.89. The Morgan fingerprint density at radius 1 is 1.11 bits per heavy atom. The quantitative estimate of drug-likeness (QED) is 0.347. The molecular formula is C19H16N2O6. The third-order valence-corrected chi connectivity index (χ3v) is 3.98. The molecule has 0 unspecified atom stereocenters. The van der Waals surface area contributed by atoms with Crippen LogP contribution in [0.2, 0.25) is 0 Å². The number of nitrogens with zero attached hydrogens (tertiary/aromatic N) is 2. The van der Waals surface area contributed by atoms with E-state index in [1.165, 1.54) is 20.3 Å². The highest BCUT2D eigenvalue weighted by atomic mass is 16.6. The number of hydrogen-bond acceptors (Lipinski definition) is 7. The van der Waals surface area contributed by atoms with Gasteiger partial charge in [-0.05, 0) is 36.8 Å². The number of methoxy groups -OCH3 is 2. The zero-order valence-corrected chi connectivity index (χ0v) is 14.9. The summed E-state index contributed by atoms with van der Waals surface area (Å²) >= 11 is 0. The number of aliphatic imine (C=N–C) groups is 1. The lowest BCUT2D eigenvalue weighted by atomic mass is 10.1. The maximum atomic E-state index is 12.1. The molecule has 1 heterocycles. The molecule has 0 radical (unpaired) electrons. The van der Waals surface area contributed by atoms with Crippen molar-refractivity contribution in [1.29, 1.82) is 0 Å². The predicted molar refractivity (Wildman–Crippen MR) is 98.0 cm³/mol. The highest BCUT2D eigenvalue weighted by molar-refractivity contribution is 6.13. The molecule has 0 amide bonds. The van der Waals surface area contributed by atoms with Crippen molar-refractivity contribution < 1.29 is 23.9 Å². The van der Waals surface area contributed by atoms with Crippen molar-refractivity contribution in [3.63, 3.8) is 0 Å². The Bertz CT molecular complexity index is 994. The number of carbonyl (C=O) groups is 1. The van der Waals surface area contributed by atoms with Crippen LogP contribution in [-0.4, -0.2) is 31.0 Å². The van der Waals surface area contributed by atoms with E-state index in [9.17, 15) is 14.9 Å². The summed E-state index contributed by atoms with van der Waals surface area (Å²) in [6, 6.07) is 9.68. The molecule has 138 valence electrons. The van der Waals surface area contributed by atoms with Gasteiger partial charge in [0.2, 0.25) is 5.90 Å². The summed E-state index contributed by atoms with van der Waals surface area (Å²) in [5.74, 6) is 0.458. The van der Waals surface area contributed by atoms with Crippen LogP contribution in [0.5, 0.6) is 11.5 Å². The fourth-order valence-corrected chi connectivity index (χ4v) is 2.57. The number of nitro benzene ring substituents is 1. The van der Waals surface area contributed by atoms with Gasteiger partial charge in [0.1, 0.15) is 0 Å². The van der Waals surface area contributed by atoms with Crippen LogP contribution in [0.4, 0.5) is 5.69 Å². The molecule has 2 aromatic rings. The van der Waals surface area contributed by atoms with Crippen molar-refractivity contribution in [2.45, 2.75) is 6.92 Å². The average molecular weight is 368 g/mol. The van der Waals surface area contributed by atoms with Crippen molar-refractivity contribution in [3.05, 3.63) is 68.9 Å². The van der Waals surface area contributed by atoms with Crippen LogP contribution in [0.15, 0.2) is 47.1 Å². The topological polar surface area (TPSA) is 100 Å². The second kappa shape index (κ2) is 7.28. The van der Waals surface area contributed by atoms with Crippen LogP contribution in [0.3, 0.4) is 0 Å². The van der Waals surface area contributed by atoms with Gasteiger partial charge in [0.05, 0.1) is 19.1 Å². The van der Waals surface area contributed by atoms with Crippen LogP contribution < -0.4 is 9.47 Å². The summed E-state index contributed by atoms with van der Waals surface area (Å²) in [4.78, 5) is 26.9. The number of carbonyl (C=O) groups excluding carboxylic acids is 1. The van der Waals surface area contributed by atoms with E-state index >= 15 is 0 Å². The predicted octanol–water partition coefficient (Wildman–Crippen LogP) is 3.26. The molecule has 0 fully saturated rings. The summed E-state index contributed by atoms with van der Waals surface area (Å²) in [6.45, 7) is 1.63. The molecule has 0 saturated carbocycles. The second-order valence-electron chi connectivity index (χ2n) is 5.71. The maximum absolute atomic E-state index is 12.1. The molecule has 2 aromatic carbocycles. The first-order chi connectivity index (χ1) is 12.9. The van der Waals surface area contributed by atoms with E-state index in [2.05, 4.69) is 4.99 Å². The number of ether oxygens (including phenoxy) is 3. The third-order valence-electron chi connectivity index (χ3n) is 3.98. The first-order valence-electron chi connectivity index (χ1n) is 7.93. The molecule has 8 nitrogen and oxygen atoms in total. The van der Waals surface area contributed by atoms with Crippen molar-refractivity contribution in [1.82, 2.24) is 0 Å². The van der Waals surface area contributed by atoms with Crippen molar-refractivity contribution in [2.24, 2.45) is 4.99 Å². The summed E-state index contributed by atoms with van der Waals surface area (Å²) in [6.07, 6.45) is 1.54. The lowest BCUT2D eigenvalue weighted by Crippen LogP contribution is -2.06. The molecule has 3 rings (SSSR count). The van der Waals surface area contributed by atoms with E-state index in [-0.39, 0.29) is 17.3 Å².